The van der Waals surface area contributed by atoms with E-state index in [0.29, 0.717) is 0 Å². The van der Waals surface area contributed by atoms with E-state index in [1.807, 2.05) is 0 Å². The van der Waals surface area contributed by atoms with Gasteiger partial charge in [0.2, 0.25) is 0 Å². The van der Waals surface area contributed by atoms with Gasteiger partial charge in [0.1, 0.15) is 0 Å². The third kappa shape index (κ3) is 13.7. The van der Waals surface area contributed by atoms with E-state index in [2.05, 4.69) is 11.5 Å². The molecule has 0 aliphatic heterocycles. The molecule has 0 heterocycles. The molecule has 5 heteroatoms. The molecule has 0 saturated carbocycles. The highest BCUT2D eigenvalue weighted by Crippen LogP contribution is 0.903. The van der Waals surface area contributed by atoms with Crippen molar-refractivity contribution in [2.75, 3.05) is 0 Å². The topological polar surface area (TPSA) is 135 Å². The average molecular weight is 101 g/mol. The first-order valence-corrected chi connectivity index (χ1v) is 1.02. The summed E-state index contributed by atoms with van der Waals surface area (Å²) in [5.74, 6) is 0. The third-order valence-corrected chi connectivity index (χ3v) is 0. The van der Waals surface area contributed by atoms with Gasteiger partial charge in [-0.15, -0.1) is 0 Å². The van der Waals surface area contributed by atoms with Crippen molar-refractivity contribution in [1.82, 2.24) is 6.15 Å². The van der Waals surface area contributed by atoms with E-state index >= 15 is 0 Å². The zero-order valence-electron chi connectivity index (χ0n) is 3.76. The van der Waals surface area contributed by atoms with Gasteiger partial charge in [-0.2, -0.15) is 10.5 Å². The van der Waals surface area contributed by atoms with Gasteiger partial charge in [0.25, 0.3) is 0 Å². The lowest BCUT2D eigenvalue weighted by Crippen LogP contribution is -1.69. The van der Waals surface area contributed by atoms with Crippen molar-refractivity contribution in [1.29, 1.82) is 10.5 Å². The molecule has 0 spiro atoms. The Hall–Kier alpha value is -1.46. The minimum absolute atomic E-state index is 0. The fourth-order valence-corrected chi connectivity index (χ4v) is 0. The van der Waals surface area contributed by atoms with Crippen molar-refractivity contribution < 1.29 is 0 Å². The van der Waals surface area contributed by atoms with Gasteiger partial charge in [-0.05, 0) is 0 Å². The van der Waals surface area contributed by atoms with E-state index in [0.717, 1.165) is 0 Å². The molecule has 0 radical (unpaired) electrons. The summed E-state index contributed by atoms with van der Waals surface area (Å²) in [6.45, 7) is 0. The number of rotatable bonds is 0. The molecule has 5 nitrogen and oxygen atoms in total. The summed E-state index contributed by atoms with van der Waals surface area (Å²) < 4.78 is 0. The van der Waals surface area contributed by atoms with Crippen LogP contribution >= 0.6 is 0 Å². The van der Waals surface area contributed by atoms with E-state index in [1.165, 1.54) is 12.4 Å². The van der Waals surface area contributed by atoms with Gasteiger partial charge >= 0.3 is 0 Å². The van der Waals surface area contributed by atoms with E-state index in [4.69, 9.17) is 10.5 Å². The summed E-state index contributed by atoms with van der Waals surface area (Å²) in [5, 5.41) is 14.2. The van der Waals surface area contributed by atoms with Gasteiger partial charge in [0.05, 0.1) is 0 Å². The maximum atomic E-state index is 7.10. The first-order chi connectivity index (χ1) is 2.83. The van der Waals surface area contributed by atoms with Crippen molar-refractivity contribution in [3.63, 3.8) is 0 Å². The molecule has 40 valence electrons. The molecular formula is C2H7N5. The van der Waals surface area contributed by atoms with Crippen molar-refractivity contribution in [2.45, 2.75) is 0 Å². The normalized spacial score (nSPS) is 2.00. The molecule has 0 amide bonds. The molecule has 0 unspecified atom stereocenters. The Labute approximate surface area is 41.7 Å². The molecule has 7 N–H and O–H groups in total. The van der Waals surface area contributed by atoms with Gasteiger partial charge in [0.15, 0.2) is 12.4 Å². The lowest BCUT2D eigenvalue weighted by atomic mass is 11.5. The monoisotopic (exact) mass is 101 g/mol. The first kappa shape index (κ1) is 17.7. The van der Waals surface area contributed by atoms with Crippen LogP contribution in [0.25, 0.3) is 0 Å². The number of hydrogen-bond donors (Lipinski definition) is 3. The molecule has 0 aromatic rings. The predicted molar refractivity (Wildman–Crippen MR) is 24.6 cm³/mol. The minimum Gasteiger partial charge on any atom is -0.344 e. The molecule has 0 aliphatic rings. The van der Waals surface area contributed by atoms with Gasteiger partial charge < -0.3 is 17.6 Å². The molecule has 7 heavy (non-hydrogen) atoms. The molecular weight excluding hydrogens is 94.1 g/mol. The SMILES string of the molecule is N.N#CN.N#CN. The molecule has 0 aromatic heterocycles. The quantitative estimate of drug-likeness (QED) is 0.266. The second-order valence-corrected chi connectivity index (χ2v) is 0.258. The average Bonchev–Trinajstić information content (AvgIpc) is 1.39. The standard InChI is InChI=1S/2CH2N2.H3N/c2*2-1-3;/h2*2H2;1H3. The van der Waals surface area contributed by atoms with Crippen LogP contribution in [0.3, 0.4) is 0 Å². The van der Waals surface area contributed by atoms with Crippen molar-refractivity contribution in [2.24, 2.45) is 11.5 Å². The Morgan fingerprint density at radius 3 is 1.00 bits per heavy atom. The second kappa shape index (κ2) is 195. The Morgan fingerprint density at radius 2 is 1.00 bits per heavy atom. The molecule has 0 bridgehead atoms. The smallest absolute Gasteiger partial charge is 0.173 e. The fraction of sp³-hybridized carbons (Fsp3) is 0. The van der Waals surface area contributed by atoms with Gasteiger partial charge in [0, 0.05) is 0 Å². The summed E-state index contributed by atoms with van der Waals surface area (Å²) in [6, 6.07) is 0. The number of nitriles is 2. The van der Waals surface area contributed by atoms with Crippen LogP contribution in [0.2, 0.25) is 0 Å². The Morgan fingerprint density at radius 1 is 1.00 bits per heavy atom. The van der Waals surface area contributed by atoms with Crippen molar-refractivity contribution in [3.8, 4) is 12.4 Å². The van der Waals surface area contributed by atoms with Gasteiger partial charge in [-0.25, -0.2) is 0 Å². The highest BCUT2D eigenvalue weighted by Gasteiger charge is 1.12. The van der Waals surface area contributed by atoms with Crippen molar-refractivity contribution in [3.05, 3.63) is 0 Å². The van der Waals surface area contributed by atoms with E-state index < -0.39 is 0 Å². The number of nitrogens with two attached hydrogens (primary N) is 2. The third-order valence-electron chi connectivity index (χ3n) is 0. The van der Waals surface area contributed by atoms with Crippen molar-refractivity contribution >= 4 is 0 Å². The molecule has 0 rings (SSSR count). The molecule has 0 saturated heterocycles. The Kier molecular flexibility index (Phi) is 493. The van der Waals surface area contributed by atoms with Gasteiger partial charge in [-0.3, -0.25) is 0 Å². The zero-order chi connectivity index (χ0) is 5.41. The highest BCUT2D eigenvalue weighted by molar-refractivity contribution is 4.47. The van der Waals surface area contributed by atoms with Crippen LogP contribution in [0.4, 0.5) is 0 Å². The minimum atomic E-state index is 0. The van der Waals surface area contributed by atoms with Gasteiger partial charge in [-0.1, -0.05) is 0 Å². The van der Waals surface area contributed by atoms with Crippen LogP contribution in [-0.2, 0) is 0 Å². The summed E-state index contributed by atoms with van der Waals surface area (Å²) >= 11 is 0. The predicted octanol–water partition coefficient (Wildman–Crippen LogP) is -0.986. The lowest BCUT2D eigenvalue weighted by Gasteiger charge is -1.24. The van der Waals surface area contributed by atoms with Crippen LogP contribution in [-0.4, -0.2) is 0 Å². The Balaban J connectivity index is -0.0000000400. The molecule has 0 aromatic carbocycles. The summed E-state index contributed by atoms with van der Waals surface area (Å²) in [4.78, 5) is 0. The summed E-state index contributed by atoms with van der Waals surface area (Å²) in [5.41, 5.74) is 8.31. The molecule has 0 aliphatic carbocycles. The Bertz CT molecular complexity index is 61.1. The number of hydrogen-bond acceptors (Lipinski definition) is 5. The van der Waals surface area contributed by atoms with E-state index in [9.17, 15) is 0 Å². The maximum absolute atomic E-state index is 7.10. The van der Waals surface area contributed by atoms with Crippen LogP contribution in [0.1, 0.15) is 0 Å². The molecule has 0 fully saturated rings. The van der Waals surface area contributed by atoms with E-state index in [-0.39, 0.29) is 6.15 Å². The lowest BCUT2D eigenvalue weighted by molar-refractivity contribution is 1.45. The summed E-state index contributed by atoms with van der Waals surface area (Å²) in [6.07, 6.45) is 2.50. The van der Waals surface area contributed by atoms with Crippen LogP contribution in [0.15, 0.2) is 0 Å². The maximum Gasteiger partial charge on any atom is 0.173 e. The van der Waals surface area contributed by atoms with Crippen LogP contribution < -0.4 is 17.6 Å². The largest absolute Gasteiger partial charge is 0.344 e. The highest BCUT2D eigenvalue weighted by atomic mass is 14.5. The second-order valence-electron chi connectivity index (χ2n) is 0.258. The summed E-state index contributed by atoms with van der Waals surface area (Å²) in [7, 11) is 0. The van der Waals surface area contributed by atoms with Crippen LogP contribution in [0.5, 0.6) is 0 Å². The van der Waals surface area contributed by atoms with Crippen LogP contribution in [0, 0.1) is 22.9 Å². The first-order valence-electron chi connectivity index (χ1n) is 1.02. The molecule has 0 atom stereocenters. The fourth-order valence-electron chi connectivity index (χ4n) is 0. The number of nitrogens with zero attached hydrogens (tertiary/aromatic N) is 2. The zero-order valence-corrected chi connectivity index (χ0v) is 3.76. The van der Waals surface area contributed by atoms with E-state index in [1.54, 1.807) is 0 Å².